The largest absolute Gasteiger partial charge is 0.463 e. The minimum absolute atomic E-state index is 0.0508. The van der Waals surface area contributed by atoms with Crippen LogP contribution in [0.25, 0.3) is 0 Å². The Bertz CT molecular complexity index is 751. The summed E-state index contributed by atoms with van der Waals surface area (Å²) in [4.78, 5) is 23.3. The molecule has 0 aliphatic rings. The van der Waals surface area contributed by atoms with Gasteiger partial charge >= 0.3 is 18.0 Å². The standard InChI is InChI=1S/C15H12F3N3O3/c1-9(12-3-2-8-24-12)20-21-14(23)13(22)19-11-6-4-10(5-7-11)15(16,17)18/h2-8H,1H3,(H,19,22)(H,21,23)/b20-9-. The number of nitrogens with zero attached hydrogens (tertiary/aromatic N) is 1. The van der Waals surface area contributed by atoms with Crippen LogP contribution in [0.15, 0.2) is 52.2 Å². The maximum Gasteiger partial charge on any atom is 0.416 e. The van der Waals surface area contributed by atoms with Crippen LogP contribution in [-0.2, 0) is 15.8 Å². The Morgan fingerprint density at radius 1 is 1.08 bits per heavy atom. The van der Waals surface area contributed by atoms with Crippen molar-refractivity contribution in [2.45, 2.75) is 13.1 Å². The Kier molecular flexibility index (Phi) is 5.02. The van der Waals surface area contributed by atoms with Gasteiger partial charge in [0, 0.05) is 5.69 Å². The first-order valence-corrected chi connectivity index (χ1v) is 6.64. The smallest absolute Gasteiger partial charge is 0.416 e. The molecule has 9 heteroatoms. The maximum absolute atomic E-state index is 12.4. The van der Waals surface area contributed by atoms with E-state index in [0.717, 1.165) is 24.3 Å². The quantitative estimate of drug-likeness (QED) is 0.512. The zero-order valence-corrected chi connectivity index (χ0v) is 12.3. The fourth-order valence-electron chi connectivity index (χ4n) is 1.66. The van der Waals surface area contributed by atoms with Gasteiger partial charge in [-0.05, 0) is 43.3 Å². The first kappa shape index (κ1) is 17.3. The highest BCUT2D eigenvalue weighted by molar-refractivity contribution is 6.39. The van der Waals surface area contributed by atoms with Crippen molar-refractivity contribution >= 4 is 23.2 Å². The molecule has 2 amide bonds. The van der Waals surface area contributed by atoms with Crippen molar-refractivity contribution in [1.82, 2.24) is 5.43 Å². The molecule has 1 heterocycles. The first-order chi connectivity index (χ1) is 11.3. The molecular formula is C15H12F3N3O3. The zero-order valence-electron chi connectivity index (χ0n) is 12.3. The summed E-state index contributed by atoms with van der Waals surface area (Å²) in [5, 5.41) is 5.86. The maximum atomic E-state index is 12.4. The number of furan rings is 1. The van der Waals surface area contributed by atoms with E-state index in [1.54, 1.807) is 19.1 Å². The Balaban J connectivity index is 1.94. The third-order valence-corrected chi connectivity index (χ3v) is 2.88. The summed E-state index contributed by atoms with van der Waals surface area (Å²) in [7, 11) is 0. The third-order valence-electron chi connectivity index (χ3n) is 2.88. The van der Waals surface area contributed by atoms with E-state index >= 15 is 0 Å². The number of carbonyl (C=O) groups excluding carboxylic acids is 2. The molecule has 2 rings (SSSR count). The van der Waals surface area contributed by atoms with Crippen molar-refractivity contribution in [1.29, 1.82) is 0 Å². The van der Waals surface area contributed by atoms with Crippen molar-refractivity contribution in [2.24, 2.45) is 5.10 Å². The van der Waals surface area contributed by atoms with Gasteiger partial charge in [0.15, 0.2) is 0 Å². The fraction of sp³-hybridized carbons (Fsp3) is 0.133. The molecule has 6 nitrogen and oxygen atoms in total. The molecule has 2 aromatic rings. The third kappa shape index (κ3) is 4.45. The molecule has 0 radical (unpaired) electrons. The molecule has 0 aliphatic carbocycles. The minimum Gasteiger partial charge on any atom is -0.463 e. The number of amides is 2. The highest BCUT2D eigenvalue weighted by Crippen LogP contribution is 2.29. The lowest BCUT2D eigenvalue weighted by Crippen LogP contribution is -2.32. The van der Waals surface area contributed by atoms with Crippen molar-refractivity contribution in [3.8, 4) is 0 Å². The average molecular weight is 339 g/mol. The number of hydrazone groups is 1. The second-order valence-electron chi connectivity index (χ2n) is 4.64. The summed E-state index contributed by atoms with van der Waals surface area (Å²) in [5.41, 5.74) is 1.56. The van der Waals surface area contributed by atoms with E-state index < -0.39 is 23.6 Å². The Morgan fingerprint density at radius 3 is 2.29 bits per heavy atom. The van der Waals surface area contributed by atoms with Crippen LogP contribution in [0, 0.1) is 0 Å². The van der Waals surface area contributed by atoms with E-state index in [2.05, 4.69) is 10.4 Å². The van der Waals surface area contributed by atoms with Crippen LogP contribution in [0.5, 0.6) is 0 Å². The topological polar surface area (TPSA) is 83.7 Å². The van der Waals surface area contributed by atoms with Crippen LogP contribution in [0.3, 0.4) is 0 Å². The van der Waals surface area contributed by atoms with Crippen molar-refractivity contribution < 1.29 is 27.2 Å². The summed E-state index contributed by atoms with van der Waals surface area (Å²) in [6.45, 7) is 1.56. The van der Waals surface area contributed by atoms with Crippen molar-refractivity contribution in [2.75, 3.05) is 5.32 Å². The fourth-order valence-corrected chi connectivity index (χ4v) is 1.66. The lowest BCUT2D eigenvalue weighted by Gasteiger charge is -2.08. The molecule has 24 heavy (non-hydrogen) atoms. The molecule has 126 valence electrons. The van der Waals surface area contributed by atoms with E-state index in [1.165, 1.54) is 6.26 Å². The van der Waals surface area contributed by atoms with Gasteiger partial charge in [-0.25, -0.2) is 5.43 Å². The normalized spacial score (nSPS) is 11.9. The number of alkyl halides is 3. The second-order valence-corrected chi connectivity index (χ2v) is 4.64. The summed E-state index contributed by atoms with van der Waals surface area (Å²) in [5.74, 6) is -1.72. The van der Waals surface area contributed by atoms with E-state index in [1.807, 2.05) is 5.43 Å². The number of carbonyl (C=O) groups is 2. The van der Waals surface area contributed by atoms with Gasteiger partial charge in [0.25, 0.3) is 0 Å². The predicted molar refractivity (Wildman–Crippen MR) is 79.1 cm³/mol. The van der Waals surface area contributed by atoms with E-state index in [9.17, 15) is 22.8 Å². The van der Waals surface area contributed by atoms with Gasteiger partial charge in [-0.15, -0.1) is 0 Å². The number of hydrogen-bond donors (Lipinski definition) is 2. The van der Waals surface area contributed by atoms with Crippen LogP contribution >= 0.6 is 0 Å². The number of anilines is 1. The molecule has 0 fully saturated rings. The molecule has 0 atom stereocenters. The number of nitrogens with one attached hydrogen (secondary N) is 2. The van der Waals surface area contributed by atoms with Crippen molar-refractivity contribution in [3.05, 3.63) is 54.0 Å². The number of rotatable bonds is 3. The molecule has 0 aliphatic heterocycles. The molecule has 0 saturated carbocycles. The van der Waals surface area contributed by atoms with E-state index in [0.29, 0.717) is 11.5 Å². The summed E-state index contributed by atoms with van der Waals surface area (Å²) < 4.78 is 42.3. The molecule has 0 saturated heterocycles. The highest BCUT2D eigenvalue weighted by atomic mass is 19.4. The van der Waals surface area contributed by atoms with Crippen LogP contribution < -0.4 is 10.7 Å². The van der Waals surface area contributed by atoms with E-state index in [-0.39, 0.29) is 5.69 Å². The Hall–Kier alpha value is -3.10. The van der Waals surface area contributed by atoms with Gasteiger partial charge in [-0.2, -0.15) is 18.3 Å². The molecule has 0 bridgehead atoms. The van der Waals surface area contributed by atoms with Gasteiger partial charge in [0.2, 0.25) is 0 Å². The Morgan fingerprint density at radius 2 is 1.75 bits per heavy atom. The number of benzene rings is 1. The molecular weight excluding hydrogens is 327 g/mol. The van der Waals surface area contributed by atoms with Crippen LogP contribution in [0.2, 0.25) is 0 Å². The molecule has 0 unspecified atom stereocenters. The molecule has 2 N–H and O–H groups in total. The lowest BCUT2D eigenvalue weighted by atomic mass is 10.2. The molecule has 1 aromatic carbocycles. The minimum atomic E-state index is -4.47. The average Bonchev–Trinajstić information content (AvgIpc) is 3.06. The van der Waals surface area contributed by atoms with Crippen LogP contribution in [0.4, 0.5) is 18.9 Å². The van der Waals surface area contributed by atoms with Gasteiger partial charge in [-0.1, -0.05) is 0 Å². The number of halogens is 3. The second kappa shape index (κ2) is 6.99. The van der Waals surface area contributed by atoms with E-state index in [4.69, 9.17) is 4.42 Å². The summed E-state index contributed by atoms with van der Waals surface area (Å²) in [6, 6.07) is 6.94. The SMILES string of the molecule is C/C(=N/NC(=O)C(=O)Nc1ccc(C(F)(F)F)cc1)c1ccco1. The predicted octanol–water partition coefficient (Wildman–Crippen LogP) is 2.78. The first-order valence-electron chi connectivity index (χ1n) is 6.64. The monoisotopic (exact) mass is 339 g/mol. The molecule has 1 aromatic heterocycles. The van der Waals surface area contributed by atoms with Crippen LogP contribution in [0.1, 0.15) is 18.2 Å². The van der Waals surface area contributed by atoms with Gasteiger partial charge in [0.1, 0.15) is 11.5 Å². The lowest BCUT2D eigenvalue weighted by molar-refractivity contribution is -0.137. The van der Waals surface area contributed by atoms with Crippen LogP contribution in [-0.4, -0.2) is 17.5 Å². The van der Waals surface area contributed by atoms with Crippen molar-refractivity contribution in [3.63, 3.8) is 0 Å². The summed E-state index contributed by atoms with van der Waals surface area (Å²) >= 11 is 0. The molecule has 0 spiro atoms. The highest BCUT2D eigenvalue weighted by Gasteiger charge is 2.30. The van der Waals surface area contributed by atoms with Gasteiger partial charge < -0.3 is 9.73 Å². The van der Waals surface area contributed by atoms with Gasteiger partial charge in [0.05, 0.1) is 11.8 Å². The van der Waals surface area contributed by atoms with Gasteiger partial charge in [-0.3, -0.25) is 9.59 Å². The number of hydrogen-bond acceptors (Lipinski definition) is 4. The Labute approximate surface area is 134 Å². The summed E-state index contributed by atoms with van der Waals surface area (Å²) in [6.07, 6.45) is -3.05. The zero-order chi connectivity index (χ0) is 17.7.